The van der Waals surface area contributed by atoms with Gasteiger partial charge < -0.3 is 18.8 Å². The molecule has 6 rings (SSSR count). The van der Waals surface area contributed by atoms with Crippen LogP contribution in [0.2, 0.25) is 10.0 Å². The van der Waals surface area contributed by atoms with Gasteiger partial charge in [-0.1, -0.05) is 72.1 Å². The number of allylic oxidation sites excluding steroid dienone is 1. The fourth-order valence-electron chi connectivity index (χ4n) is 5.96. The van der Waals surface area contributed by atoms with E-state index in [1.807, 2.05) is 55.6 Å². The molecule has 1 aliphatic rings. The minimum absolute atomic E-state index is 0.180. The molecule has 8 nitrogen and oxygen atoms in total. The molecule has 0 radical (unpaired) electrons. The van der Waals surface area contributed by atoms with Crippen molar-refractivity contribution in [1.29, 1.82) is 0 Å². The van der Waals surface area contributed by atoms with Crippen LogP contribution in [0.3, 0.4) is 0 Å². The first-order valence-corrected chi connectivity index (χ1v) is 16.8. The van der Waals surface area contributed by atoms with E-state index in [0.717, 1.165) is 28.5 Å². The summed E-state index contributed by atoms with van der Waals surface area (Å²) in [5.41, 5.74) is 4.00. The average molecular weight is 691 g/mol. The molecule has 5 aromatic rings. The molecule has 0 aliphatic carbocycles. The fraction of sp³-hybridized carbons (Fsp3) is 0.250. The zero-order valence-electron chi connectivity index (χ0n) is 26.4. The summed E-state index contributed by atoms with van der Waals surface area (Å²) in [4.78, 5) is 33.5. The third-order valence-electron chi connectivity index (χ3n) is 8.09. The summed E-state index contributed by atoms with van der Waals surface area (Å²) in [6, 6.07) is 18.0. The summed E-state index contributed by atoms with van der Waals surface area (Å²) < 4.78 is 21.0. The molecule has 3 heterocycles. The highest BCUT2D eigenvalue weighted by Crippen LogP contribution is 2.39. The summed E-state index contributed by atoms with van der Waals surface area (Å²) in [6.07, 6.45) is 5.18. The maximum absolute atomic E-state index is 14.5. The summed E-state index contributed by atoms with van der Waals surface area (Å²) in [5, 5.41) is 2.14. The number of benzene rings is 3. The van der Waals surface area contributed by atoms with Gasteiger partial charge in [0.05, 0.1) is 36.6 Å². The number of para-hydroxylation sites is 1. The number of carbonyl (C=O) groups excluding carboxylic acids is 1. The van der Waals surface area contributed by atoms with E-state index in [1.165, 1.54) is 11.3 Å². The number of ether oxygens (including phenoxy) is 3. The molecule has 3 aromatic carbocycles. The van der Waals surface area contributed by atoms with Gasteiger partial charge in [-0.15, -0.1) is 0 Å². The van der Waals surface area contributed by atoms with Gasteiger partial charge in [0, 0.05) is 44.8 Å². The van der Waals surface area contributed by atoms with Gasteiger partial charge in [0.2, 0.25) is 0 Å². The lowest BCUT2D eigenvalue weighted by atomic mass is 9.93. The lowest BCUT2D eigenvalue weighted by Gasteiger charge is -2.27. The van der Waals surface area contributed by atoms with Crippen molar-refractivity contribution < 1.29 is 19.0 Å². The van der Waals surface area contributed by atoms with Crippen LogP contribution in [0.5, 0.6) is 11.5 Å². The van der Waals surface area contributed by atoms with Crippen molar-refractivity contribution in [3.63, 3.8) is 0 Å². The van der Waals surface area contributed by atoms with Crippen molar-refractivity contribution >= 4 is 57.5 Å². The summed E-state index contributed by atoms with van der Waals surface area (Å²) in [6.45, 7) is 4.48. The summed E-state index contributed by atoms with van der Waals surface area (Å²) in [7, 11) is 3.13. The van der Waals surface area contributed by atoms with Crippen molar-refractivity contribution in [1.82, 2.24) is 9.13 Å². The summed E-state index contributed by atoms with van der Waals surface area (Å²) in [5.74, 6) is 0.551. The number of hydrogen-bond acceptors (Lipinski definition) is 7. The number of halogens is 2. The Labute approximate surface area is 285 Å². The number of hydrogen-bond donors (Lipinski definition) is 0. The zero-order chi connectivity index (χ0) is 33.2. The van der Waals surface area contributed by atoms with E-state index in [0.29, 0.717) is 60.7 Å². The summed E-state index contributed by atoms with van der Waals surface area (Å²) >= 11 is 14.0. The van der Waals surface area contributed by atoms with E-state index >= 15 is 0 Å². The molecule has 47 heavy (non-hydrogen) atoms. The highest BCUT2D eigenvalue weighted by atomic mass is 35.5. The Hall–Kier alpha value is -4.31. The minimum atomic E-state index is -0.840. The van der Waals surface area contributed by atoms with Gasteiger partial charge in [-0.2, -0.15) is 0 Å². The first-order chi connectivity index (χ1) is 22.8. The molecule has 0 saturated heterocycles. The quantitative estimate of drug-likeness (QED) is 0.149. The number of nitrogens with zero attached hydrogens (tertiary/aromatic N) is 3. The Kier molecular flexibility index (Phi) is 9.59. The van der Waals surface area contributed by atoms with Crippen molar-refractivity contribution in [3.05, 3.63) is 125 Å². The predicted octanol–water partition coefficient (Wildman–Crippen LogP) is 6.91. The number of rotatable bonds is 10. The Morgan fingerprint density at radius 2 is 1.85 bits per heavy atom. The number of carbonyl (C=O) groups is 1. The fourth-order valence-corrected chi connectivity index (χ4v) is 7.44. The highest BCUT2D eigenvalue weighted by Gasteiger charge is 2.36. The van der Waals surface area contributed by atoms with E-state index < -0.39 is 12.0 Å². The molecule has 0 saturated carbocycles. The zero-order valence-corrected chi connectivity index (χ0v) is 28.7. The van der Waals surface area contributed by atoms with E-state index in [1.54, 1.807) is 50.0 Å². The van der Waals surface area contributed by atoms with Crippen LogP contribution in [0.4, 0.5) is 0 Å². The maximum atomic E-state index is 14.5. The normalized spacial score (nSPS) is 14.7. The Morgan fingerprint density at radius 1 is 1.04 bits per heavy atom. The molecule has 0 fully saturated rings. The van der Waals surface area contributed by atoms with Crippen molar-refractivity contribution in [2.75, 3.05) is 20.8 Å². The number of fused-ring (bicyclic) bond motifs is 2. The molecule has 11 heteroatoms. The molecule has 2 aromatic heterocycles. The molecule has 0 unspecified atom stereocenters. The third kappa shape index (κ3) is 6.23. The van der Waals surface area contributed by atoms with Crippen LogP contribution in [0.25, 0.3) is 17.0 Å². The Morgan fingerprint density at radius 3 is 2.57 bits per heavy atom. The molecule has 0 spiro atoms. The smallest absolute Gasteiger partial charge is 0.338 e. The average Bonchev–Trinajstić information content (AvgIpc) is 3.57. The van der Waals surface area contributed by atoms with Crippen LogP contribution in [-0.4, -0.2) is 35.9 Å². The van der Waals surface area contributed by atoms with Crippen LogP contribution in [0.15, 0.2) is 87.9 Å². The molecule has 242 valence electrons. The second kappa shape index (κ2) is 13.8. The first kappa shape index (κ1) is 32.6. The van der Waals surface area contributed by atoms with Gasteiger partial charge in [-0.25, -0.2) is 9.79 Å². The predicted molar refractivity (Wildman–Crippen MR) is 187 cm³/mol. The number of aromatic nitrogens is 2. The van der Waals surface area contributed by atoms with Gasteiger partial charge in [-0.3, -0.25) is 9.36 Å². The molecule has 0 bridgehead atoms. The van der Waals surface area contributed by atoms with Gasteiger partial charge in [0.1, 0.15) is 17.5 Å². The molecule has 0 amide bonds. The van der Waals surface area contributed by atoms with Crippen LogP contribution in [0.1, 0.15) is 49.4 Å². The molecule has 0 N–H and O–H groups in total. The monoisotopic (exact) mass is 689 g/mol. The van der Waals surface area contributed by atoms with E-state index in [9.17, 15) is 9.59 Å². The molecule has 1 aliphatic heterocycles. The lowest BCUT2D eigenvalue weighted by Crippen LogP contribution is -2.40. The van der Waals surface area contributed by atoms with Gasteiger partial charge in [0.25, 0.3) is 5.56 Å². The molecule has 1 atom stereocenters. The van der Waals surface area contributed by atoms with E-state index in [4.69, 9.17) is 42.4 Å². The van der Waals surface area contributed by atoms with E-state index in [2.05, 4.69) is 4.57 Å². The van der Waals surface area contributed by atoms with Gasteiger partial charge >= 0.3 is 5.97 Å². The van der Waals surface area contributed by atoms with E-state index in [-0.39, 0.29) is 12.2 Å². The first-order valence-electron chi connectivity index (χ1n) is 15.2. The highest BCUT2D eigenvalue weighted by molar-refractivity contribution is 7.07. The molecular formula is C36H33Cl2N3O5S. The van der Waals surface area contributed by atoms with Crippen LogP contribution >= 0.6 is 34.5 Å². The van der Waals surface area contributed by atoms with Crippen LogP contribution in [-0.2, 0) is 16.1 Å². The number of esters is 1. The van der Waals surface area contributed by atoms with Gasteiger partial charge in [0.15, 0.2) is 4.80 Å². The Balaban J connectivity index is 1.57. The van der Waals surface area contributed by atoms with Crippen LogP contribution < -0.4 is 24.4 Å². The van der Waals surface area contributed by atoms with Crippen molar-refractivity contribution in [3.8, 4) is 11.5 Å². The minimum Gasteiger partial charge on any atom is -0.497 e. The Bertz CT molecular complexity index is 2220. The number of thiazole rings is 1. The van der Waals surface area contributed by atoms with Crippen molar-refractivity contribution in [2.24, 2.45) is 4.99 Å². The van der Waals surface area contributed by atoms with Crippen molar-refractivity contribution in [2.45, 2.75) is 39.3 Å². The topological polar surface area (TPSA) is 84.0 Å². The van der Waals surface area contributed by atoms with Gasteiger partial charge in [-0.05, 0) is 61.4 Å². The second-order valence-electron chi connectivity index (χ2n) is 11.0. The third-order valence-corrected chi connectivity index (χ3v) is 9.66. The van der Waals surface area contributed by atoms with Crippen LogP contribution in [0, 0.1) is 0 Å². The maximum Gasteiger partial charge on any atom is 0.338 e. The largest absolute Gasteiger partial charge is 0.497 e. The molecular weight excluding hydrogens is 657 g/mol. The SMILES string of the molecule is CCCC1=C(C(=O)OCC)[C@H](c2cc(OC)ccc2OC)n2c(s/c(=C\c3cn(Cc4ccc(Cl)cc4Cl)c4ccccc34)c2=O)=N1. The second-order valence-corrected chi connectivity index (χ2v) is 12.8. The lowest BCUT2D eigenvalue weighted by molar-refractivity contribution is -0.139. The standard InChI is InChI=1S/C36H33Cl2N3O5S/c1-5-9-28-32(35(43)46-6-2)33(26-18-24(44-3)14-15-30(26)45-4)41-34(42)31(47-36(41)39-28)16-22-20-40(29-11-8-7-10-25(22)29)19-21-12-13-23(37)17-27(21)38/h7-8,10-18,20,33H,5-6,9,19H2,1-4H3/b31-16-/t33-/m0/s1. The number of methoxy groups -OCH3 is 2.